The summed E-state index contributed by atoms with van der Waals surface area (Å²) in [5.41, 5.74) is -8.75. The number of halogens is 8. The molecule has 2 amide bonds. The van der Waals surface area contributed by atoms with Gasteiger partial charge in [0.05, 0.1) is 16.4 Å². The van der Waals surface area contributed by atoms with E-state index in [1.54, 1.807) is 24.3 Å². The Kier molecular flexibility index (Phi) is 8.19. The topological polar surface area (TPSA) is 83.6 Å². The van der Waals surface area contributed by atoms with Crippen molar-refractivity contribution in [3.05, 3.63) is 100 Å². The lowest BCUT2D eigenvalue weighted by Crippen LogP contribution is -2.58. The summed E-state index contributed by atoms with van der Waals surface area (Å²) in [5.74, 6) is -1.76. The molecule has 6 rings (SSSR count). The van der Waals surface area contributed by atoms with E-state index in [1.807, 2.05) is 6.92 Å². The number of nitrogens with zero attached hydrogens (tertiary/aromatic N) is 1. The number of sulfone groups is 1. The third-order valence-electron chi connectivity index (χ3n) is 10.3. The maximum absolute atomic E-state index is 15.2. The molecule has 3 aromatic rings. The van der Waals surface area contributed by atoms with Crippen LogP contribution < -0.4 is 5.32 Å². The van der Waals surface area contributed by atoms with Gasteiger partial charge in [0.25, 0.3) is 5.91 Å². The van der Waals surface area contributed by atoms with E-state index in [0.29, 0.717) is 24.5 Å². The van der Waals surface area contributed by atoms with Crippen molar-refractivity contribution >= 4 is 21.7 Å². The lowest BCUT2D eigenvalue weighted by atomic mass is 9.71. The zero-order chi connectivity index (χ0) is 35.8. The molecule has 1 aliphatic carbocycles. The molecule has 262 valence electrons. The molecule has 0 bridgehead atoms. The molecule has 0 saturated carbocycles. The predicted octanol–water partition coefficient (Wildman–Crippen LogP) is 6.81. The second-order valence-corrected chi connectivity index (χ2v) is 15.0. The van der Waals surface area contributed by atoms with E-state index in [9.17, 15) is 48.7 Å². The molecular formula is C34H30F8N2O4S. The molecule has 2 heterocycles. The largest absolute Gasteiger partial charge is 0.435 e. The number of benzene rings is 3. The van der Waals surface area contributed by atoms with Crippen LogP contribution in [0, 0.1) is 5.82 Å². The molecule has 15 heteroatoms. The summed E-state index contributed by atoms with van der Waals surface area (Å²) in [6, 6.07) is 10.3. The first kappa shape index (κ1) is 34.8. The van der Waals surface area contributed by atoms with Crippen molar-refractivity contribution in [1.29, 1.82) is 0 Å². The summed E-state index contributed by atoms with van der Waals surface area (Å²) in [7, 11) is -4.64. The number of carbonyl (C=O) groups is 2. The smallest absolute Gasteiger partial charge is 0.351 e. The fraction of sp³-hybridized carbons (Fsp3) is 0.412. The first-order valence-electron chi connectivity index (χ1n) is 15.5. The summed E-state index contributed by atoms with van der Waals surface area (Å²) in [6.45, 7) is 1.58. The summed E-state index contributed by atoms with van der Waals surface area (Å²) in [4.78, 5) is 28.6. The average Bonchev–Trinajstić information content (AvgIpc) is 3.59. The van der Waals surface area contributed by atoms with Gasteiger partial charge in [0.15, 0.2) is 9.84 Å². The Morgan fingerprint density at radius 2 is 1.59 bits per heavy atom. The summed E-state index contributed by atoms with van der Waals surface area (Å²) >= 11 is 0. The van der Waals surface area contributed by atoms with Crippen LogP contribution in [0.2, 0.25) is 0 Å². The highest BCUT2D eigenvalue weighted by Gasteiger charge is 2.74. The quantitative estimate of drug-likeness (QED) is 0.215. The van der Waals surface area contributed by atoms with Crippen LogP contribution in [0.3, 0.4) is 0 Å². The first-order valence-corrected chi connectivity index (χ1v) is 17.0. The van der Waals surface area contributed by atoms with Crippen LogP contribution in [0.4, 0.5) is 35.1 Å². The van der Waals surface area contributed by atoms with Gasteiger partial charge in [0.1, 0.15) is 10.6 Å². The van der Waals surface area contributed by atoms with Crippen molar-refractivity contribution in [2.45, 2.75) is 78.1 Å². The van der Waals surface area contributed by atoms with Crippen molar-refractivity contribution in [2.24, 2.45) is 0 Å². The Balaban J connectivity index is 1.54. The minimum atomic E-state index is -6.40. The molecule has 6 nitrogen and oxygen atoms in total. The standard InChI is InChI=1S/C34H30F8N2O4S/c1-2-3-14-30(19-43-28(45)24-6-4-5-7-26(24)30)29(46)44-16-15-31(49(47,48)23-11-9-22(35)10-12-23)25-13-8-21(17-20(25)18-27(31)44)32(36,33(37,38)39)34(40,41)42/h4-13,17,27H,2-3,14-16,18-19H2,1H3,(H,43,45). The van der Waals surface area contributed by atoms with Gasteiger partial charge in [-0.3, -0.25) is 9.59 Å². The Labute approximate surface area is 276 Å². The van der Waals surface area contributed by atoms with Crippen LogP contribution in [-0.4, -0.2) is 56.6 Å². The van der Waals surface area contributed by atoms with Gasteiger partial charge in [-0.2, -0.15) is 26.3 Å². The summed E-state index contributed by atoms with van der Waals surface area (Å²) in [6.07, 6.45) is -12.2. The molecule has 3 atom stereocenters. The van der Waals surface area contributed by atoms with Crippen molar-refractivity contribution < 1.29 is 53.1 Å². The lowest BCUT2D eigenvalue weighted by molar-refractivity contribution is -0.348. The maximum atomic E-state index is 15.2. The van der Waals surface area contributed by atoms with E-state index in [2.05, 4.69) is 5.32 Å². The third-order valence-corrected chi connectivity index (χ3v) is 12.8. The van der Waals surface area contributed by atoms with Gasteiger partial charge in [0, 0.05) is 24.2 Å². The highest BCUT2D eigenvalue weighted by Crippen LogP contribution is 2.58. The number of amides is 2. The SMILES string of the molecule is CCCCC1(C(=O)N2CCC3(S(=O)(=O)c4ccc(F)cc4)c4ccc(C(F)(C(F)(F)F)C(F)(F)F)cc4CC23)CNC(=O)c2ccccc21. The van der Waals surface area contributed by atoms with E-state index < -0.39 is 73.7 Å². The van der Waals surface area contributed by atoms with Crippen LogP contribution in [-0.2, 0) is 36.9 Å². The summed E-state index contributed by atoms with van der Waals surface area (Å²) in [5, 5.41) is 2.75. The van der Waals surface area contributed by atoms with E-state index in [1.165, 1.54) is 4.90 Å². The van der Waals surface area contributed by atoms with Gasteiger partial charge in [0.2, 0.25) is 5.91 Å². The first-order chi connectivity index (χ1) is 22.9. The molecule has 3 aliphatic rings. The van der Waals surface area contributed by atoms with Gasteiger partial charge in [-0.25, -0.2) is 17.2 Å². The van der Waals surface area contributed by atoms with Gasteiger partial charge in [-0.05, 0) is 66.3 Å². The molecule has 0 aromatic heterocycles. The number of carbonyl (C=O) groups excluding carboxylic acids is 2. The van der Waals surface area contributed by atoms with E-state index in [4.69, 9.17) is 0 Å². The number of likely N-dealkylation sites (tertiary alicyclic amines) is 1. The molecule has 3 unspecified atom stereocenters. The van der Waals surface area contributed by atoms with Crippen molar-refractivity contribution in [3.8, 4) is 0 Å². The van der Waals surface area contributed by atoms with Gasteiger partial charge in [-0.1, -0.05) is 56.2 Å². The minimum absolute atomic E-state index is 0.138. The van der Waals surface area contributed by atoms with E-state index in [0.717, 1.165) is 30.3 Å². The maximum Gasteiger partial charge on any atom is 0.435 e. The molecule has 0 radical (unpaired) electrons. The van der Waals surface area contributed by atoms with Crippen LogP contribution in [0.15, 0.2) is 71.6 Å². The van der Waals surface area contributed by atoms with Gasteiger partial charge in [-0.15, -0.1) is 0 Å². The van der Waals surface area contributed by atoms with Crippen molar-refractivity contribution in [3.63, 3.8) is 0 Å². The normalized spacial score (nSPS) is 23.9. The van der Waals surface area contributed by atoms with E-state index >= 15 is 4.39 Å². The van der Waals surface area contributed by atoms with Crippen LogP contribution in [0.1, 0.15) is 65.2 Å². The second-order valence-electron chi connectivity index (χ2n) is 12.8. The van der Waals surface area contributed by atoms with E-state index in [-0.39, 0.29) is 53.6 Å². The van der Waals surface area contributed by atoms with Crippen molar-refractivity contribution in [1.82, 2.24) is 10.2 Å². The number of fused-ring (bicyclic) bond motifs is 4. The van der Waals surface area contributed by atoms with Gasteiger partial charge >= 0.3 is 18.0 Å². The molecule has 3 aromatic carbocycles. The van der Waals surface area contributed by atoms with Crippen molar-refractivity contribution in [2.75, 3.05) is 13.1 Å². The zero-order valence-corrected chi connectivity index (χ0v) is 26.7. The molecule has 1 saturated heterocycles. The Hall–Kier alpha value is -4.01. The number of rotatable bonds is 7. The molecule has 2 aliphatic heterocycles. The zero-order valence-electron chi connectivity index (χ0n) is 25.9. The molecule has 49 heavy (non-hydrogen) atoms. The van der Waals surface area contributed by atoms with Crippen LogP contribution >= 0.6 is 0 Å². The Morgan fingerprint density at radius 1 is 0.939 bits per heavy atom. The lowest BCUT2D eigenvalue weighted by Gasteiger charge is -2.42. The number of nitrogens with one attached hydrogen (secondary N) is 1. The monoisotopic (exact) mass is 714 g/mol. The highest BCUT2D eigenvalue weighted by molar-refractivity contribution is 7.92. The fourth-order valence-electron chi connectivity index (χ4n) is 7.86. The average molecular weight is 715 g/mol. The Morgan fingerprint density at radius 3 is 2.22 bits per heavy atom. The van der Waals surface area contributed by atoms with Gasteiger partial charge < -0.3 is 10.2 Å². The molecule has 1 fully saturated rings. The van der Waals surface area contributed by atoms with Crippen LogP contribution in [0.5, 0.6) is 0 Å². The predicted molar refractivity (Wildman–Crippen MR) is 160 cm³/mol. The summed E-state index contributed by atoms with van der Waals surface area (Å²) < 4.78 is 139. The number of unbranched alkanes of at least 4 members (excludes halogenated alkanes) is 1. The fourth-order valence-corrected chi connectivity index (χ4v) is 10.2. The van der Waals surface area contributed by atoms with Crippen LogP contribution in [0.25, 0.3) is 0 Å². The third kappa shape index (κ3) is 4.89. The number of hydrogen-bond acceptors (Lipinski definition) is 4. The molecule has 0 spiro atoms. The highest BCUT2D eigenvalue weighted by atomic mass is 32.2. The minimum Gasteiger partial charge on any atom is -0.351 e. The molecule has 1 N–H and O–H groups in total. The number of hydrogen-bond donors (Lipinski definition) is 1. The Bertz CT molecular complexity index is 1920. The number of alkyl halides is 7. The molecular weight excluding hydrogens is 684 g/mol. The second kappa shape index (κ2) is 11.5.